The van der Waals surface area contributed by atoms with Gasteiger partial charge >= 0.3 is 0 Å². The lowest BCUT2D eigenvalue weighted by molar-refractivity contribution is 0.102. The molecule has 0 aliphatic heterocycles. The molecule has 20 heavy (non-hydrogen) atoms. The van der Waals surface area contributed by atoms with E-state index >= 15 is 0 Å². The lowest BCUT2D eigenvalue weighted by atomic mass is 10.2. The molecule has 0 spiro atoms. The van der Waals surface area contributed by atoms with Crippen LogP contribution in [0.25, 0.3) is 0 Å². The highest BCUT2D eigenvalue weighted by Gasteiger charge is 2.12. The predicted octanol–water partition coefficient (Wildman–Crippen LogP) is 1.72. The molecule has 0 saturated heterocycles. The Morgan fingerprint density at radius 3 is 2.95 bits per heavy atom. The lowest BCUT2D eigenvalue weighted by Crippen LogP contribution is -2.14. The first-order chi connectivity index (χ1) is 9.60. The summed E-state index contributed by atoms with van der Waals surface area (Å²) in [5, 5.41) is 3.26. The van der Waals surface area contributed by atoms with Gasteiger partial charge in [-0.15, -0.1) is 0 Å². The molecule has 3 N–H and O–H groups in total. The Morgan fingerprint density at radius 1 is 1.45 bits per heavy atom. The fraction of sp³-hybridized carbons (Fsp3) is 0.214. The largest absolute Gasteiger partial charge is 0.320 e. The highest BCUT2D eigenvalue weighted by atomic mass is 32.1. The molecule has 2 aromatic heterocycles. The van der Waals surface area contributed by atoms with E-state index in [9.17, 15) is 4.79 Å². The summed E-state index contributed by atoms with van der Waals surface area (Å²) >= 11 is 1.31. The Hall–Kier alpha value is -2.23. The van der Waals surface area contributed by atoms with E-state index in [4.69, 9.17) is 5.73 Å². The maximum atomic E-state index is 12.1. The van der Waals surface area contributed by atoms with E-state index in [1.807, 2.05) is 19.9 Å². The maximum Gasteiger partial charge on any atom is 0.259 e. The molecule has 0 atom stereocenters. The second kappa shape index (κ2) is 6.28. The number of aromatic nitrogens is 2. The van der Waals surface area contributed by atoms with Gasteiger partial charge in [0.1, 0.15) is 0 Å². The summed E-state index contributed by atoms with van der Waals surface area (Å²) in [7, 11) is 0. The summed E-state index contributed by atoms with van der Waals surface area (Å²) in [4.78, 5) is 21.3. The third-order valence-electron chi connectivity index (χ3n) is 2.51. The number of hydrogen-bond donors (Lipinski definition) is 2. The standard InChI is InChI=1S/C14H14N4OS/c1-9-5-6-12(10(2)17-9)13(19)18-14-16-8-11(20-14)4-3-7-15/h5-6,8H,7,15H2,1-2H3,(H,16,18,19). The van der Waals surface area contributed by atoms with Crippen molar-refractivity contribution >= 4 is 22.4 Å². The van der Waals surface area contributed by atoms with Crippen LogP contribution in [-0.2, 0) is 0 Å². The van der Waals surface area contributed by atoms with Gasteiger partial charge in [-0.3, -0.25) is 15.1 Å². The van der Waals surface area contributed by atoms with Crippen LogP contribution >= 0.6 is 11.3 Å². The van der Waals surface area contributed by atoms with Crippen molar-refractivity contribution in [1.29, 1.82) is 0 Å². The zero-order valence-electron chi connectivity index (χ0n) is 11.2. The predicted molar refractivity (Wildman–Crippen MR) is 79.7 cm³/mol. The third-order valence-corrected chi connectivity index (χ3v) is 3.34. The van der Waals surface area contributed by atoms with Crippen molar-refractivity contribution in [2.75, 3.05) is 11.9 Å². The molecule has 0 aliphatic rings. The van der Waals surface area contributed by atoms with Gasteiger partial charge < -0.3 is 5.73 Å². The van der Waals surface area contributed by atoms with Gasteiger partial charge in [0.05, 0.1) is 28.9 Å². The molecule has 5 nitrogen and oxygen atoms in total. The highest BCUT2D eigenvalue weighted by molar-refractivity contribution is 7.16. The Bertz CT molecular complexity index is 697. The molecule has 0 saturated carbocycles. The Kier molecular flexibility index (Phi) is 4.45. The molecule has 0 aromatic carbocycles. The van der Waals surface area contributed by atoms with Gasteiger partial charge in [-0.2, -0.15) is 0 Å². The smallest absolute Gasteiger partial charge is 0.259 e. The molecule has 0 bridgehead atoms. The topological polar surface area (TPSA) is 80.9 Å². The number of anilines is 1. The fourth-order valence-electron chi connectivity index (χ4n) is 1.62. The van der Waals surface area contributed by atoms with Gasteiger partial charge in [-0.05, 0) is 26.0 Å². The number of nitrogens with zero attached hydrogens (tertiary/aromatic N) is 2. The van der Waals surface area contributed by atoms with Crippen LogP contribution in [-0.4, -0.2) is 22.4 Å². The zero-order chi connectivity index (χ0) is 14.5. The molecule has 2 heterocycles. The van der Waals surface area contributed by atoms with Crippen LogP contribution in [0.15, 0.2) is 18.3 Å². The molecule has 0 radical (unpaired) electrons. The molecular formula is C14H14N4OS. The van der Waals surface area contributed by atoms with E-state index in [1.54, 1.807) is 12.3 Å². The van der Waals surface area contributed by atoms with Gasteiger partial charge in [0.2, 0.25) is 0 Å². The number of nitrogens with one attached hydrogen (secondary N) is 1. The molecule has 2 aromatic rings. The molecule has 1 amide bonds. The molecular weight excluding hydrogens is 272 g/mol. The minimum atomic E-state index is -0.220. The van der Waals surface area contributed by atoms with Gasteiger partial charge in [-0.1, -0.05) is 23.2 Å². The summed E-state index contributed by atoms with van der Waals surface area (Å²) in [6.07, 6.45) is 1.61. The Labute approximate surface area is 121 Å². The highest BCUT2D eigenvalue weighted by Crippen LogP contribution is 2.18. The summed E-state index contributed by atoms with van der Waals surface area (Å²) in [5.74, 6) is 5.40. The first kappa shape index (κ1) is 14.2. The van der Waals surface area contributed by atoms with Gasteiger partial charge in [-0.25, -0.2) is 4.98 Å². The molecule has 102 valence electrons. The SMILES string of the molecule is Cc1ccc(C(=O)Nc2ncc(C#CCN)s2)c(C)n1. The van der Waals surface area contributed by atoms with E-state index in [0.717, 1.165) is 10.6 Å². The number of pyridine rings is 1. The number of aryl methyl sites for hydroxylation is 2. The fourth-order valence-corrected chi connectivity index (χ4v) is 2.30. The second-order valence-electron chi connectivity index (χ2n) is 4.08. The van der Waals surface area contributed by atoms with Crippen LogP contribution in [0.4, 0.5) is 5.13 Å². The average Bonchev–Trinajstić information content (AvgIpc) is 2.83. The minimum absolute atomic E-state index is 0.220. The summed E-state index contributed by atoms with van der Waals surface area (Å²) in [6, 6.07) is 3.57. The van der Waals surface area contributed by atoms with Crippen LogP contribution < -0.4 is 11.1 Å². The van der Waals surface area contributed by atoms with E-state index in [-0.39, 0.29) is 5.91 Å². The third kappa shape index (κ3) is 3.41. The maximum absolute atomic E-state index is 12.1. The molecule has 0 fully saturated rings. The number of nitrogens with two attached hydrogens (primary N) is 1. The van der Waals surface area contributed by atoms with Gasteiger partial charge in [0, 0.05) is 5.69 Å². The van der Waals surface area contributed by atoms with Crippen LogP contribution in [0.5, 0.6) is 0 Å². The van der Waals surface area contributed by atoms with E-state index in [1.165, 1.54) is 11.3 Å². The summed E-state index contributed by atoms with van der Waals surface area (Å²) in [6.45, 7) is 3.99. The molecule has 2 rings (SSSR count). The van der Waals surface area contributed by atoms with Gasteiger partial charge in [0.15, 0.2) is 5.13 Å². The molecule has 0 aliphatic carbocycles. The van der Waals surface area contributed by atoms with Crippen molar-refractivity contribution in [3.05, 3.63) is 40.2 Å². The molecule has 6 heteroatoms. The Morgan fingerprint density at radius 2 is 2.25 bits per heavy atom. The Balaban J connectivity index is 2.13. The van der Waals surface area contributed by atoms with Crippen molar-refractivity contribution in [1.82, 2.24) is 9.97 Å². The number of carbonyl (C=O) groups is 1. The van der Waals surface area contributed by atoms with Crippen molar-refractivity contribution in [3.63, 3.8) is 0 Å². The molecule has 0 unspecified atom stereocenters. The quantitative estimate of drug-likeness (QED) is 0.824. The van der Waals surface area contributed by atoms with Crippen LogP contribution in [0.1, 0.15) is 26.6 Å². The lowest BCUT2D eigenvalue weighted by Gasteiger charge is -2.05. The zero-order valence-corrected chi connectivity index (χ0v) is 12.0. The monoisotopic (exact) mass is 286 g/mol. The number of carbonyl (C=O) groups excluding carboxylic acids is 1. The van der Waals surface area contributed by atoms with E-state index in [0.29, 0.717) is 22.9 Å². The number of hydrogen-bond acceptors (Lipinski definition) is 5. The first-order valence-electron chi connectivity index (χ1n) is 6.00. The number of rotatable bonds is 2. The summed E-state index contributed by atoms with van der Waals surface area (Å²) in [5.41, 5.74) is 7.42. The number of thiazole rings is 1. The summed E-state index contributed by atoms with van der Waals surface area (Å²) < 4.78 is 0. The van der Waals surface area contributed by atoms with Crippen molar-refractivity contribution in [3.8, 4) is 11.8 Å². The normalized spacial score (nSPS) is 9.75. The van der Waals surface area contributed by atoms with Crippen molar-refractivity contribution < 1.29 is 4.79 Å². The van der Waals surface area contributed by atoms with Crippen molar-refractivity contribution in [2.45, 2.75) is 13.8 Å². The second-order valence-corrected chi connectivity index (χ2v) is 5.11. The van der Waals surface area contributed by atoms with Gasteiger partial charge in [0.25, 0.3) is 5.91 Å². The van der Waals surface area contributed by atoms with Crippen LogP contribution in [0.3, 0.4) is 0 Å². The van der Waals surface area contributed by atoms with Crippen LogP contribution in [0.2, 0.25) is 0 Å². The van der Waals surface area contributed by atoms with E-state index in [2.05, 4.69) is 27.1 Å². The minimum Gasteiger partial charge on any atom is -0.320 e. The first-order valence-corrected chi connectivity index (χ1v) is 6.82. The van der Waals surface area contributed by atoms with Crippen LogP contribution in [0, 0.1) is 25.7 Å². The number of amides is 1. The average molecular weight is 286 g/mol. The van der Waals surface area contributed by atoms with E-state index < -0.39 is 0 Å². The van der Waals surface area contributed by atoms with Crippen molar-refractivity contribution in [2.24, 2.45) is 5.73 Å².